The monoisotopic (exact) mass is 1600 g/mol. The second-order valence-electron chi connectivity index (χ2n) is 8.56. The van der Waals surface area contributed by atoms with Crippen molar-refractivity contribution in [3.63, 3.8) is 0 Å². The zero-order valence-corrected chi connectivity index (χ0v) is 46.0. The minimum atomic E-state index is -0.556. The first-order valence-corrected chi connectivity index (χ1v) is 11.4. The van der Waals surface area contributed by atoms with Crippen LogP contribution in [0.3, 0.4) is 0 Å². The quantitative estimate of drug-likeness (QED) is 0.157. The number of hydrogen-bond donors (Lipinski definition) is 2. The summed E-state index contributed by atoms with van der Waals surface area (Å²) in [6.45, 7) is 5.57. The minimum Gasteiger partial charge on any atom is -0.695 e. The van der Waals surface area contributed by atoms with Gasteiger partial charge >= 0.3 is 0 Å². The number of fused-ring (bicyclic) bond motifs is 1. The van der Waals surface area contributed by atoms with Crippen molar-refractivity contribution in [3.8, 4) is 0 Å². The summed E-state index contributed by atoms with van der Waals surface area (Å²) in [4.78, 5) is 11.1. The SMILES string of the molecule is CC1=CC2(CC[N-]CC2)[N-]c2ccccc21.O=CC1([N-]c2[c-]cccc2)CC[N-]CC1.OOO.[Ac].[Ac].[Ac].[Ac].[Ac]. The molecule has 13 heteroatoms. The maximum Gasteiger partial charge on any atom is 0.108 e. The van der Waals surface area contributed by atoms with Crippen LogP contribution in [0, 0.1) is 226 Å². The van der Waals surface area contributed by atoms with E-state index in [1.165, 1.54) is 11.1 Å². The average Bonchev–Trinajstić information content (AvgIpc) is 2.87. The standard InChI is InChI=1S/C14H16N2.C12H13N2O.5Ac.H2O3/c1-11-10-14(6-8-15-9-7-14)16-13-5-3-2-4-12(11)13;15-10-12(6-8-13-9-7-12)14-11-4-2-1-3-5-11;;;;;;1-3-2/h2-5,10H,6-9H2,1H3;1-4,10H,6-9H2;;;;;;1-2H/q-2;-3;;;;;;. The van der Waals surface area contributed by atoms with E-state index in [2.05, 4.69) is 64.3 Å². The Bertz CT molecular complexity index is 945. The Balaban J connectivity index is -0.000000542. The number of hydrogen-bond acceptors (Lipinski definition) is 4. The van der Waals surface area contributed by atoms with Crippen LogP contribution in [0.15, 0.2) is 54.6 Å². The summed E-state index contributed by atoms with van der Waals surface area (Å²) in [5.41, 5.74) is 4.05. The molecule has 2 N–H and O–H groups in total. The maximum absolute atomic E-state index is 11.1. The molecular formula is C26H31Ac5N4O4-5. The fraction of sp³-hybridized carbons (Fsp3) is 0.423. The van der Waals surface area contributed by atoms with E-state index in [1.54, 1.807) is 0 Å². The summed E-state index contributed by atoms with van der Waals surface area (Å²) >= 11 is 0. The maximum atomic E-state index is 11.1. The third-order valence-corrected chi connectivity index (χ3v) is 6.22. The van der Waals surface area contributed by atoms with Crippen LogP contribution in [0.2, 0.25) is 0 Å². The first-order chi connectivity index (χ1) is 16.6. The third-order valence-electron chi connectivity index (χ3n) is 6.22. The fourth-order valence-corrected chi connectivity index (χ4v) is 4.43. The number of rotatable bonds is 3. The number of nitrogens with zero attached hydrogens (tertiary/aromatic N) is 4. The predicted octanol–water partition coefficient (Wildman–Crippen LogP) is 6.56. The molecule has 39 heavy (non-hydrogen) atoms. The van der Waals surface area contributed by atoms with Gasteiger partial charge in [0.15, 0.2) is 0 Å². The Kier molecular flexibility index (Phi) is 32.5. The minimum absolute atomic E-state index is 0. The zero-order chi connectivity index (χ0) is 24.3. The number of aldehydes is 1. The van der Waals surface area contributed by atoms with Crippen molar-refractivity contribution in [2.24, 2.45) is 0 Å². The molecular weight excluding hydrogens is 1570 g/mol. The summed E-state index contributed by atoms with van der Waals surface area (Å²) < 4.78 is 0. The van der Waals surface area contributed by atoms with Gasteiger partial charge in [-0.3, -0.25) is 5.69 Å². The number of benzene rings is 2. The molecule has 2 aromatic rings. The van der Waals surface area contributed by atoms with Gasteiger partial charge in [-0.15, -0.1) is 31.9 Å². The van der Waals surface area contributed by atoms with Crippen molar-refractivity contribution in [3.05, 3.63) is 87.5 Å². The van der Waals surface area contributed by atoms with Gasteiger partial charge in [0.25, 0.3) is 0 Å². The van der Waals surface area contributed by atoms with Crippen molar-refractivity contribution in [2.75, 3.05) is 26.2 Å². The van der Waals surface area contributed by atoms with Gasteiger partial charge in [-0.05, 0) is 12.5 Å². The Hall–Kier alpha value is 4.46. The molecule has 3 aliphatic rings. The number of para-hydroxylation sites is 2. The van der Waals surface area contributed by atoms with Crippen LogP contribution >= 0.6 is 0 Å². The van der Waals surface area contributed by atoms with Crippen molar-refractivity contribution < 1.29 is 241 Å². The topological polar surface area (TPSA) is 123 Å². The summed E-state index contributed by atoms with van der Waals surface area (Å²) in [5, 5.41) is 33.6. The van der Waals surface area contributed by atoms with Crippen molar-refractivity contribution in [1.29, 1.82) is 0 Å². The molecule has 5 radical (unpaired) electrons. The van der Waals surface area contributed by atoms with E-state index in [4.69, 9.17) is 15.8 Å². The van der Waals surface area contributed by atoms with Gasteiger partial charge in [0, 0.05) is 220 Å². The van der Waals surface area contributed by atoms with Crippen LogP contribution in [0.25, 0.3) is 26.8 Å². The van der Waals surface area contributed by atoms with Crippen LogP contribution in [0.5, 0.6) is 0 Å². The number of allylic oxidation sites excluding steroid dienone is 1. The molecule has 0 unspecified atom stereocenters. The van der Waals surface area contributed by atoms with Crippen LogP contribution in [0.4, 0.5) is 11.4 Å². The smallest absolute Gasteiger partial charge is 0.108 e. The molecule has 0 amide bonds. The van der Waals surface area contributed by atoms with E-state index in [9.17, 15) is 4.79 Å². The molecule has 0 saturated carbocycles. The van der Waals surface area contributed by atoms with Crippen molar-refractivity contribution in [1.82, 2.24) is 0 Å². The van der Waals surface area contributed by atoms with Gasteiger partial charge in [-0.1, -0.05) is 77.7 Å². The molecule has 199 valence electrons. The van der Waals surface area contributed by atoms with Crippen LogP contribution in [-0.2, 0) is 9.83 Å². The zero-order valence-electron chi connectivity index (χ0n) is 22.3. The van der Waals surface area contributed by atoms with E-state index in [-0.39, 0.29) is 226 Å². The molecule has 1 spiro atoms. The van der Waals surface area contributed by atoms with E-state index in [0.29, 0.717) is 0 Å². The van der Waals surface area contributed by atoms with Gasteiger partial charge in [0.05, 0.1) is 0 Å². The van der Waals surface area contributed by atoms with E-state index < -0.39 is 5.54 Å². The van der Waals surface area contributed by atoms with Gasteiger partial charge < -0.3 is 26.1 Å². The molecule has 0 aliphatic carbocycles. The predicted molar refractivity (Wildman–Crippen MR) is 134 cm³/mol. The van der Waals surface area contributed by atoms with E-state index >= 15 is 0 Å². The average molecular weight is 1600 g/mol. The second kappa shape index (κ2) is 26.5. The third kappa shape index (κ3) is 16.2. The second-order valence-corrected chi connectivity index (χ2v) is 8.56. The Labute approximate surface area is 411 Å². The summed E-state index contributed by atoms with van der Waals surface area (Å²) in [6.07, 6.45) is 6.89. The van der Waals surface area contributed by atoms with Gasteiger partial charge in [0.1, 0.15) is 6.29 Å². The molecule has 0 bridgehead atoms. The normalized spacial score (nSPS) is 17.1. The summed E-state index contributed by atoms with van der Waals surface area (Å²) in [7, 11) is 0. The molecule has 2 aromatic carbocycles. The largest absolute Gasteiger partial charge is 0.695 e. The molecule has 8 nitrogen and oxygen atoms in total. The van der Waals surface area contributed by atoms with E-state index in [1.807, 2.05) is 24.3 Å². The van der Waals surface area contributed by atoms with Crippen molar-refractivity contribution in [2.45, 2.75) is 43.7 Å². The first kappa shape index (κ1) is 47.9. The molecule has 0 atom stereocenters. The van der Waals surface area contributed by atoms with Gasteiger partial charge in [-0.2, -0.15) is 30.3 Å². The van der Waals surface area contributed by atoms with Crippen molar-refractivity contribution >= 4 is 23.2 Å². The summed E-state index contributed by atoms with van der Waals surface area (Å²) in [6, 6.07) is 18.9. The molecule has 3 heterocycles. The Morgan fingerprint density at radius 3 is 1.95 bits per heavy atom. The Morgan fingerprint density at radius 2 is 1.41 bits per heavy atom. The molecule has 2 saturated heterocycles. The van der Waals surface area contributed by atoms with Gasteiger partial charge in [-0.25, -0.2) is 10.5 Å². The fourth-order valence-electron chi connectivity index (χ4n) is 4.43. The molecule has 5 rings (SSSR count). The van der Waals surface area contributed by atoms with E-state index in [0.717, 1.165) is 69.5 Å². The molecule has 0 aromatic heterocycles. The Morgan fingerprint density at radius 1 is 0.872 bits per heavy atom. The van der Waals surface area contributed by atoms with Crippen LogP contribution in [0.1, 0.15) is 38.2 Å². The number of piperidine rings is 2. The summed E-state index contributed by atoms with van der Waals surface area (Å²) in [5.74, 6) is 0. The van der Waals surface area contributed by atoms with Crippen LogP contribution in [-0.4, -0.2) is 54.1 Å². The number of carbonyl (C=O) groups is 1. The molecule has 3 aliphatic heterocycles. The number of carbonyl (C=O) groups excluding carboxylic acids is 1. The van der Waals surface area contributed by atoms with Crippen LogP contribution < -0.4 is 0 Å². The van der Waals surface area contributed by atoms with Gasteiger partial charge in [0.2, 0.25) is 0 Å². The first-order valence-electron chi connectivity index (χ1n) is 11.4. The molecule has 2 fully saturated rings.